The molecule has 0 radical (unpaired) electrons. The fraction of sp³-hybridized carbons (Fsp3) is 0.207. The SMILES string of the molecule is O=C(OCc1ccccc1)N1C2C=C(c3cc4ccccc4c4ccccc34)CC1CC2. The van der Waals surface area contributed by atoms with E-state index in [9.17, 15) is 4.79 Å². The summed E-state index contributed by atoms with van der Waals surface area (Å²) in [4.78, 5) is 14.9. The zero-order valence-corrected chi connectivity index (χ0v) is 17.9. The van der Waals surface area contributed by atoms with Gasteiger partial charge < -0.3 is 4.74 Å². The quantitative estimate of drug-likeness (QED) is 0.336. The number of benzene rings is 4. The molecule has 1 amide bonds. The molecule has 0 aliphatic carbocycles. The van der Waals surface area contributed by atoms with Crippen molar-refractivity contribution < 1.29 is 9.53 Å². The summed E-state index contributed by atoms with van der Waals surface area (Å²) >= 11 is 0. The van der Waals surface area contributed by atoms with Crippen LogP contribution in [0.25, 0.3) is 27.1 Å². The van der Waals surface area contributed by atoms with Crippen LogP contribution < -0.4 is 0 Å². The van der Waals surface area contributed by atoms with Gasteiger partial charge in [0.05, 0.1) is 6.04 Å². The first kappa shape index (κ1) is 19.1. The minimum absolute atomic E-state index is 0.109. The van der Waals surface area contributed by atoms with Crippen molar-refractivity contribution in [1.29, 1.82) is 0 Å². The van der Waals surface area contributed by atoms with Crippen molar-refractivity contribution in [2.45, 2.75) is 38.0 Å². The number of hydrogen-bond acceptors (Lipinski definition) is 2. The molecule has 2 unspecified atom stereocenters. The number of amides is 1. The van der Waals surface area contributed by atoms with Crippen molar-refractivity contribution in [2.75, 3.05) is 0 Å². The Morgan fingerprint density at radius 2 is 1.56 bits per heavy atom. The van der Waals surface area contributed by atoms with Gasteiger partial charge >= 0.3 is 6.09 Å². The van der Waals surface area contributed by atoms with E-state index in [1.165, 1.54) is 32.7 Å². The summed E-state index contributed by atoms with van der Waals surface area (Å²) in [6, 6.07) is 29.8. The van der Waals surface area contributed by atoms with Crippen molar-refractivity contribution in [1.82, 2.24) is 4.90 Å². The van der Waals surface area contributed by atoms with E-state index >= 15 is 0 Å². The molecule has 0 spiro atoms. The van der Waals surface area contributed by atoms with E-state index in [0.29, 0.717) is 6.61 Å². The van der Waals surface area contributed by atoms with Gasteiger partial charge in [-0.25, -0.2) is 4.79 Å². The Balaban J connectivity index is 1.32. The fourth-order valence-electron chi connectivity index (χ4n) is 5.43. The summed E-state index contributed by atoms with van der Waals surface area (Å²) in [6.45, 7) is 0.321. The molecule has 0 saturated carbocycles. The maximum atomic E-state index is 12.9. The van der Waals surface area contributed by atoms with Crippen LogP contribution in [0.2, 0.25) is 0 Å². The summed E-state index contributed by atoms with van der Waals surface area (Å²) in [5.41, 5.74) is 3.67. The monoisotopic (exact) mass is 419 g/mol. The first-order valence-corrected chi connectivity index (χ1v) is 11.4. The number of ether oxygens (including phenoxy) is 1. The summed E-state index contributed by atoms with van der Waals surface area (Å²) in [5, 5.41) is 5.13. The van der Waals surface area contributed by atoms with E-state index < -0.39 is 0 Å². The lowest BCUT2D eigenvalue weighted by Crippen LogP contribution is -2.43. The average Bonchev–Trinajstić information content (AvgIpc) is 3.12. The molecule has 4 aromatic carbocycles. The number of carbonyl (C=O) groups is 1. The molecule has 2 bridgehead atoms. The van der Waals surface area contributed by atoms with Gasteiger partial charge in [0.15, 0.2) is 0 Å². The lowest BCUT2D eigenvalue weighted by molar-refractivity contribution is 0.0832. The van der Waals surface area contributed by atoms with E-state index in [0.717, 1.165) is 24.8 Å². The third-order valence-corrected chi connectivity index (χ3v) is 6.93. The Hall–Kier alpha value is -3.59. The minimum Gasteiger partial charge on any atom is -0.445 e. The number of rotatable bonds is 3. The molecule has 1 saturated heterocycles. The van der Waals surface area contributed by atoms with Crippen LogP contribution in [-0.2, 0) is 11.3 Å². The van der Waals surface area contributed by atoms with Crippen LogP contribution in [0, 0.1) is 0 Å². The zero-order valence-electron chi connectivity index (χ0n) is 17.9. The number of hydrogen-bond donors (Lipinski definition) is 0. The van der Waals surface area contributed by atoms with E-state index in [-0.39, 0.29) is 18.2 Å². The number of carbonyl (C=O) groups excluding carboxylic acids is 1. The van der Waals surface area contributed by atoms with Crippen molar-refractivity contribution in [3.8, 4) is 0 Å². The fourth-order valence-corrected chi connectivity index (χ4v) is 5.43. The molecular formula is C29H25NO2. The zero-order chi connectivity index (χ0) is 21.5. The highest BCUT2D eigenvalue weighted by Crippen LogP contribution is 2.42. The van der Waals surface area contributed by atoms with Crippen LogP contribution >= 0.6 is 0 Å². The lowest BCUT2D eigenvalue weighted by atomic mass is 9.88. The van der Waals surface area contributed by atoms with Gasteiger partial charge in [0.2, 0.25) is 0 Å². The van der Waals surface area contributed by atoms with Gasteiger partial charge in [-0.2, -0.15) is 0 Å². The van der Waals surface area contributed by atoms with E-state index in [1.807, 2.05) is 35.2 Å². The van der Waals surface area contributed by atoms with Gasteiger partial charge in [-0.3, -0.25) is 4.90 Å². The van der Waals surface area contributed by atoms with Crippen LogP contribution in [0.3, 0.4) is 0 Å². The van der Waals surface area contributed by atoms with Gasteiger partial charge in [0.1, 0.15) is 6.61 Å². The second kappa shape index (κ2) is 7.83. The molecule has 2 atom stereocenters. The summed E-state index contributed by atoms with van der Waals surface area (Å²) in [5.74, 6) is 0. The first-order chi connectivity index (χ1) is 15.8. The molecule has 158 valence electrons. The van der Waals surface area contributed by atoms with Gasteiger partial charge in [0, 0.05) is 6.04 Å². The molecule has 2 heterocycles. The number of fused-ring (bicyclic) bond motifs is 5. The van der Waals surface area contributed by atoms with E-state index in [1.54, 1.807) is 0 Å². The maximum absolute atomic E-state index is 12.9. The molecule has 6 rings (SSSR count). The Labute approximate surface area is 187 Å². The summed E-state index contributed by atoms with van der Waals surface area (Å²) < 4.78 is 5.67. The normalized spacial score (nSPS) is 19.9. The third kappa shape index (κ3) is 3.25. The second-order valence-corrected chi connectivity index (χ2v) is 8.83. The van der Waals surface area contributed by atoms with Crippen LogP contribution in [0.15, 0.2) is 91.0 Å². The van der Waals surface area contributed by atoms with Gasteiger partial charge in [-0.15, -0.1) is 0 Å². The van der Waals surface area contributed by atoms with E-state index in [2.05, 4.69) is 60.7 Å². The Morgan fingerprint density at radius 3 is 2.38 bits per heavy atom. The highest BCUT2D eigenvalue weighted by molar-refractivity contribution is 6.12. The molecule has 0 aromatic heterocycles. The van der Waals surface area contributed by atoms with Crippen molar-refractivity contribution in [2.24, 2.45) is 0 Å². The van der Waals surface area contributed by atoms with Gasteiger partial charge in [-0.1, -0.05) is 84.9 Å². The molecule has 4 aromatic rings. The molecule has 2 aliphatic heterocycles. The van der Waals surface area contributed by atoms with Crippen molar-refractivity contribution in [3.63, 3.8) is 0 Å². The topological polar surface area (TPSA) is 29.5 Å². The van der Waals surface area contributed by atoms with Crippen molar-refractivity contribution >= 4 is 33.2 Å². The molecule has 2 aliphatic rings. The summed E-state index contributed by atoms with van der Waals surface area (Å²) in [7, 11) is 0. The molecule has 1 fully saturated rings. The van der Waals surface area contributed by atoms with Gasteiger partial charge in [0.25, 0.3) is 0 Å². The highest BCUT2D eigenvalue weighted by atomic mass is 16.6. The third-order valence-electron chi connectivity index (χ3n) is 6.93. The largest absolute Gasteiger partial charge is 0.445 e. The Bertz CT molecular complexity index is 1340. The van der Waals surface area contributed by atoms with Crippen LogP contribution in [0.5, 0.6) is 0 Å². The van der Waals surface area contributed by atoms with Crippen LogP contribution in [0.4, 0.5) is 4.79 Å². The molecule has 3 nitrogen and oxygen atoms in total. The molecule has 32 heavy (non-hydrogen) atoms. The average molecular weight is 420 g/mol. The van der Waals surface area contributed by atoms with E-state index in [4.69, 9.17) is 4.74 Å². The Kier molecular flexibility index (Phi) is 4.68. The Morgan fingerprint density at radius 1 is 0.844 bits per heavy atom. The predicted octanol–water partition coefficient (Wildman–Crippen LogP) is 6.95. The number of nitrogens with zero attached hydrogens (tertiary/aromatic N) is 1. The molecular weight excluding hydrogens is 394 g/mol. The van der Waals surface area contributed by atoms with Crippen LogP contribution in [-0.4, -0.2) is 23.1 Å². The van der Waals surface area contributed by atoms with Gasteiger partial charge in [-0.05, 0) is 63.6 Å². The summed E-state index contributed by atoms with van der Waals surface area (Å²) in [6.07, 6.45) is 5.01. The minimum atomic E-state index is -0.194. The molecule has 0 N–H and O–H groups in total. The lowest BCUT2D eigenvalue weighted by Gasteiger charge is -2.33. The van der Waals surface area contributed by atoms with Crippen LogP contribution in [0.1, 0.15) is 30.4 Å². The van der Waals surface area contributed by atoms with Crippen molar-refractivity contribution in [3.05, 3.63) is 102 Å². The smallest absolute Gasteiger partial charge is 0.410 e. The maximum Gasteiger partial charge on any atom is 0.410 e. The first-order valence-electron chi connectivity index (χ1n) is 11.4. The predicted molar refractivity (Wildman–Crippen MR) is 129 cm³/mol. The second-order valence-electron chi connectivity index (χ2n) is 8.83. The standard InChI is InChI=1S/C29H25NO2/c31-29(32-19-20-8-2-1-3-9-20)30-23-14-15-24(30)17-22(16-23)28-18-21-10-4-5-11-25(21)26-12-6-7-13-27(26)28/h1-13,16,18,23-24H,14-15,17,19H2. The molecule has 3 heteroatoms. The highest BCUT2D eigenvalue weighted by Gasteiger charge is 2.40.